The predicted octanol–water partition coefficient (Wildman–Crippen LogP) is 11.8. The molecule has 3 atom stereocenters. The molecule has 1 aromatic rings. The lowest BCUT2D eigenvalue weighted by Gasteiger charge is -2.37. The molecule has 0 amide bonds. The van der Waals surface area contributed by atoms with Crippen molar-refractivity contribution in [2.45, 2.75) is 155 Å². The Hall–Kier alpha value is -2.14. The van der Waals surface area contributed by atoms with Crippen LogP contribution in [0.4, 0.5) is 0 Å². The minimum Gasteiger partial charge on any atom is -0.547 e. The second-order valence-corrected chi connectivity index (χ2v) is 29.4. The van der Waals surface area contributed by atoms with Crippen LogP contribution in [0.25, 0.3) is 0 Å². The summed E-state index contributed by atoms with van der Waals surface area (Å²) in [5, 5.41) is 0.105. The molecule has 2 rings (SSSR count). The topological polar surface area (TPSA) is 63.2 Å². The van der Waals surface area contributed by atoms with Crippen molar-refractivity contribution in [2.75, 3.05) is 13.7 Å². The molecule has 1 aromatic carbocycles. The maximum absolute atomic E-state index is 12.7. The average molecular weight is 743 g/mol. The third-order valence-electron chi connectivity index (χ3n) is 11.4. The van der Waals surface area contributed by atoms with E-state index in [0.717, 1.165) is 67.0 Å². The van der Waals surface area contributed by atoms with Crippen LogP contribution in [0.15, 0.2) is 71.7 Å². The van der Waals surface area contributed by atoms with Crippen molar-refractivity contribution in [2.24, 2.45) is 5.92 Å². The van der Waals surface area contributed by atoms with Crippen LogP contribution in [-0.2, 0) is 22.8 Å². The second-order valence-electron chi connectivity index (χ2n) is 15.3. The minimum absolute atomic E-state index is 0.105. The van der Waals surface area contributed by atoms with Crippen molar-refractivity contribution in [3.8, 4) is 5.75 Å². The Balaban J connectivity index is 2.40. The van der Waals surface area contributed by atoms with Crippen molar-refractivity contribution < 1.29 is 27.5 Å². The van der Waals surface area contributed by atoms with E-state index in [-0.39, 0.29) is 23.0 Å². The van der Waals surface area contributed by atoms with E-state index in [1.807, 2.05) is 36.4 Å². The van der Waals surface area contributed by atoms with Gasteiger partial charge in [-0.15, -0.1) is 5.73 Å². The van der Waals surface area contributed by atoms with E-state index in [9.17, 15) is 4.79 Å². The molecule has 0 heterocycles. The molecule has 1 aliphatic carbocycles. The number of ether oxygens (including phenoxy) is 2. The zero-order chi connectivity index (χ0) is 37.4. The lowest BCUT2D eigenvalue weighted by molar-refractivity contribution is -0.149. The molecule has 0 radical (unpaired) electrons. The van der Waals surface area contributed by atoms with Crippen LogP contribution >= 0.6 is 0 Å². The Kier molecular flexibility index (Phi) is 18.3. The number of benzene rings is 1. The summed E-state index contributed by atoms with van der Waals surface area (Å²) in [6.07, 6.45) is 11.0. The molecular formula is C41H70O6Si3. The number of para-hydroxylation sites is 1. The van der Waals surface area contributed by atoms with Crippen LogP contribution in [0.5, 0.6) is 5.75 Å². The number of methoxy groups -OCH3 is 1. The van der Waals surface area contributed by atoms with Gasteiger partial charge in [0.1, 0.15) is 18.5 Å². The van der Waals surface area contributed by atoms with E-state index in [0.29, 0.717) is 13.0 Å². The van der Waals surface area contributed by atoms with Gasteiger partial charge in [0.15, 0.2) is 16.6 Å². The standard InChI is InChI=1S/C41H70O6Si3/c1-13-49(14-2,15-3)45-36(33-44-35-25-21-19-22-26-35)31-29-34-30-32-38(46-48(11,12)41(7,8)9)37(34)27-23-20-24-28-39(40(42)43-10)47-50(16-4,17-5)18-6/h19,21-26,29,31,34,36,39H,13-18,27-28,30,32-33H2,1-12H3/t20?,34-,36?,39?/m0/s1. The van der Waals surface area contributed by atoms with E-state index in [2.05, 4.69) is 99.4 Å². The molecule has 2 unspecified atom stereocenters. The van der Waals surface area contributed by atoms with Crippen LogP contribution < -0.4 is 4.74 Å². The number of allylic oxidation sites excluding steroid dienone is 3. The highest BCUT2D eigenvalue weighted by molar-refractivity contribution is 6.74. The monoisotopic (exact) mass is 742 g/mol. The molecule has 0 N–H and O–H groups in total. The smallest absolute Gasteiger partial charge is 0.334 e. The third-order valence-corrected chi connectivity index (χ3v) is 25.1. The van der Waals surface area contributed by atoms with Gasteiger partial charge < -0.3 is 22.8 Å². The SMILES string of the molecule is CC[Si](CC)(CC)OC(C=C[C@H]1CCC(O[Si](C)(C)C(C)(C)C)=C1CC=C=CCC(O[Si](CC)(CC)CC)C(=O)OC)COc1ccccc1. The maximum Gasteiger partial charge on any atom is 0.334 e. The number of rotatable bonds is 22. The number of carbonyl (C=O) groups excluding carboxylic acids is 1. The summed E-state index contributed by atoms with van der Waals surface area (Å²) in [5.74, 6) is 1.94. The fraction of sp³-hybridized carbons (Fsp3) is 0.659. The van der Waals surface area contributed by atoms with E-state index in [4.69, 9.17) is 22.8 Å². The molecule has 0 aromatic heterocycles. The van der Waals surface area contributed by atoms with E-state index in [1.165, 1.54) is 12.7 Å². The zero-order valence-electron chi connectivity index (χ0n) is 33.7. The van der Waals surface area contributed by atoms with Gasteiger partial charge in [-0.25, -0.2) is 4.79 Å². The van der Waals surface area contributed by atoms with Gasteiger partial charge in [-0.1, -0.05) is 92.7 Å². The summed E-state index contributed by atoms with van der Waals surface area (Å²) >= 11 is 0. The van der Waals surface area contributed by atoms with Crippen LogP contribution in [0.3, 0.4) is 0 Å². The molecule has 282 valence electrons. The fourth-order valence-electron chi connectivity index (χ4n) is 6.34. The Morgan fingerprint density at radius 3 is 2.02 bits per heavy atom. The third kappa shape index (κ3) is 12.8. The Morgan fingerprint density at radius 1 is 0.900 bits per heavy atom. The van der Waals surface area contributed by atoms with E-state index >= 15 is 0 Å². The second kappa shape index (κ2) is 20.8. The van der Waals surface area contributed by atoms with Crippen LogP contribution in [-0.4, -0.2) is 56.8 Å². The van der Waals surface area contributed by atoms with Gasteiger partial charge in [0.25, 0.3) is 0 Å². The van der Waals surface area contributed by atoms with Gasteiger partial charge >= 0.3 is 5.97 Å². The first kappa shape index (κ1) is 44.0. The quantitative estimate of drug-likeness (QED) is 0.0510. The highest BCUT2D eigenvalue weighted by atomic mass is 28.4. The summed E-state index contributed by atoms with van der Waals surface area (Å²) < 4.78 is 31.9. The molecule has 6 nitrogen and oxygen atoms in total. The predicted molar refractivity (Wildman–Crippen MR) is 217 cm³/mol. The number of carbonyl (C=O) groups is 1. The molecule has 50 heavy (non-hydrogen) atoms. The summed E-state index contributed by atoms with van der Waals surface area (Å²) in [6.45, 7) is 25.4. The first-order valence-corrected chi connectivity index (χ1v) is 27.2. The van der Waals surface area contributed by atoms with Crippen LogP contribution in [0, 0.1) is 5.92 Å². The average Bonchev–Trinajstić information content (AvgIpc) is 3.49. The fourth-order valence-corrected chi connectivity index (χ4v) is 13.1. The molecule has 0 fully saturated rings. The number of hydrogen-bond donors (Lipinski definition) is 0. The van der Waals surface area contributed by atoms with Crippen molar-refractivity contribution in [3.63, 3.8) is 0 Å². The van der Waals surface area contributed by atoms with Crippen LogP contribution in [0.1, 0.15) is 88.0 Å². The highest BCUT2D eigenvalue weighted by Crippen LogP contribution is 2.43. The lowest BCUT2D eigenvalue weighted by Crippen LogP contribution is -2.43. The number of hydrogen-bond acceptors (Lipinski definition) is 6. The van der Waals surface area contributed by atoms with Crippen molar-refractivity contribution >= 4 is 30.9 Å². The number of esters is 1. The van der Waals surface area contributed by atoms with Gasteiger partial charge in [0.2, 0.25) is 8.32 Å². The van der Waals surface area contributed by atoms with Gasteiger partial charge in [0, 0.05) is 18.8 Å². The molecule has 0 bridgehead atoms. The molecule has 0 saturated heterocycles. The first-order chi connectivity index (χ1) is 23.7. The summed E-state index contributed by atoms with van der Waals surface area (Å²) in [4.78, 5) is 12.7. The van der Waals surface area contributed by atoms with Crippen molar-refractivity contribution in [3.05, 3.63) is 71.7 Å². The minimum atomic E-state index is -2.03. The molecule has 0 saturated carbocycles. The van der Waals surface area contributed by atoms with Crippen LogP contribution in [0.2, 0.25) is 54.4 Å². The molecule has 0 aliphatic heterocycles. The van der Waals surface area contributed by atoms with Gasteiger partial charge in [-0.05, 0) is 97.1 Å². The summed E-state index contributed by atoms with van der Waals surface area (Å²) in [7, 11) is -4.44. The highest BCUT2D eigenvalue weighted by Gasteiger charge is 2.41. The zero-order valence-corrected chi connectivity index (χ0v) is 36.7. The Bertz CT molecular complexity index is 1270. The van der Waals surface area contributed by atoms with Gasteiger partial charge in [0.05, 0.1) is 19.0 Å². The normalized spacial score (nSPS) is 17.0. The molecular weight excluding hydrogens is 673 g/mol. The maximum atomic E-state index is 12.7. The van der Waals surface area contributed by atoms with Gasteiger partial charge in [-0.2, -0.15) is 0 Å². The lowest BCUT2D eigenvalue weighted by atomic mass is 9.97. The van der Waals surface area contributed by atoms with Crippen molar-refractivity contribution in [1.82, 2.24) is 0 Å². The Labute approximate surface area is 309 Å². The van der Waals surface area contributed by atoms with Gasteiger partial charge in [-0.3, -0.25) is 0 Å². The summed E-state index contributed by atoms with van der Waals surface area (Å²) in [5.41, 5.74) is 4.70. The van der Waals surface area contributed by atoms with Crippen molar-refractivity contribution in [1.29, 1.82) is 0 Å². The van der Waals surface area contributed by atoms with E-state index in [1.54, 1.807) is 0 Å². The molecule has 0 spiro atoms. The summed E-state index contributed by atoms with van der Waals surface area (Å²) in [6, 6.07) is 16.2. The Morgan fingerprint density at radius 2 is 1.48 bits per heavy atom. The first-order valence-electron chi connectivity index (χ1n) is 19.3. The largest absolute Gasteiger partial charge is 0.547 e. The molecule has 1 aliphatic rings. The van der Waals surface area contributed by atoms with E-state index < -0.39 is 31.1 Å². The molecule has 9 heteroatoms.